The standard InChI is InChI=1S/C12H15N3S/c1-9-5-6-14-12(11(9)13)15(2)8-10-4-3-7-16-10/h3-7H,8,13H2,1-2H3. The molecule has 0 atom stereocenters. The largest absolute Gasteiger partial charge is 0.396 e. The van der Waals surface area contributed by atoms with E-state index in [2.05, 4.69) is 27.4 Å². The minimum atomic E-state index is 0.765. The number of nitrogen functional groups attached to an aromatic ring is 1. The summed E-state index contributed by atoms with van der Waals surface area (Å²) in [6, 6.07) is 6.10. The van der Waals surface area contributed by atoms with Gasteiger partial charge in [0.15, 0.2) is 5.82 Å². The zero-order valence-electron chi connectivity index (χ0n) is 9.47. The molecule has 0 saturated carbocycles. The summed E-state index contributed by atoms with van der Waals surface area (Å²) in [5.74, 6) is 0.855. The van der Waals surface area contributed by atoms with Crippen LogP contribution >= 0.6 is 11.3 Å². The number of nitrogens with two attached hydrogens (primary N) is 1. The van der Waals surface area contributed by atoms with Crippen LogP contribution in [-0.4, -0.2) is 12.0 Å². The zero-order chi connectivity index (χ0) is 11.5. The summed E-state index contributed by atoms with van der Waals surface area (Å²) in [5.41, 5.74) is 7.85. The fourth-order valence-electron chi connectivity index (χ4n) is 1.57. The van der Waals surface area contributed by atoms with Gasteiger partial charge >= 0.3 is 0 Å². The lowest BCUT2D eigenvalue weighted by atomic mass is 10.2. The van der Waals surface area contributed by atoms with Gasteiger partial charge in [-0.2, -0.15) is 0 Å². The highest BCUT2D eigenvalue weighted by Crippen LogP contribution is 2.24. The Morgan fingerprint density at radius 2 is 2.25 bits per heavy atom. The molecule has 0 unspecified atom stereocenters. The van der Waals surface area contributed by atoms with E-state index in [1.165, 1.54) is 4.88 Å². The summed E-state index contributed by atoms with van der Waals surface area (Å²) in [4.78, 5) is 7.71. The van der Waals surface area contributed by atoms with Crippen LogP contribution in [-0.2, 0) is 6.54 Å². The van der Waals surface area contributed by atoms with Gasteiger partial charge in [-0.15, -0.1) is 11.3 Å². The van der Waals surface area contributed by atoms with Crippen molar-refractivity contribution in [3.63, 3.8) is 0 Å². The van der Waals surface area contributed by atoms with Crippen LogP contribution in [0.25, 0.3) is 0 Å². The molecule has 0 aliphatic heterocycles. The molecule has 0 fully saturated rings. The molecule has 16 heavy (non-hydrogen) atoms. The van der Waals surface area contributed by atoms with E-state index in [1.807, 2.05) is 20.0 Å². The minimum Gasteiger partial charge on any atom is -0.396 e. The van der Waals surface area contributed by atoms with Crippen molar-refractivity contribution in [1.82, 2.24) is 4.98 Å². The number of rotatable bonds is 3. The summed E-state index contributed by atoms with van der Waals surface area (Å²) in [5, 5.41) is 2.08. The Morgan fingerprint density at radius 3 is 2.94 bits per heavy atom. The average molecular weight is 233 g/mol. The number of thiophene rings is 1. The van der Waals surface area contributed by atoms with Crippen molar-refractivity contribution < 1.29 is 0 Å². The number of hydrogen-bond donors (Lipinski definition) is 1. The Labute approximate surface area is 99.5 Å². The van der Waals surface area contributed by atoms with Gasteiger partial charge < -0.3 is 10.6 Å². The summed E-state index contributed by atoms with van der Waals surface area (Å²) < 4.78 is 0. The van der Waals surface area contributed by atoms with Crippen LogP contribution in [0.4, 0.5) is 11.5 Å². The minimum absolute atomic E-state index is 0.765. The topological polar surface area (TPSA) is 42.2 Å². The van der Waals surface area contributed by atoms with E-state index in [9.17, 15) is 0 Å². The summed E-state index contributed by atoms with van der Waals surface area (Å²) in [6.45, 7) is 2.85. The molecule has 4 heteroatoms. The molecule has 0 saturated heterocycles. The quantitative estimate of drug-likeness (QED) is 0.886. The fourth-order valence-corrected chi connectivity index (χ4v) is 2.33. The second-order valence-corrected chi connectivity index (χ2v) is 4.83. The molecule has 2 aromatic rings. The van der Waals surface area contributed by atoms with Crippen LogP contribution in [0.3, 0.4) is 0 Å². The molecule has 84 valence electrons. The number of pyridine rings is 1. The third kappa shape index (κ3) is 2.17. The second kappa shape index (κ2) is 4.53. The van der Waals surface area contributed by atoms with Crippen LogP contribution in [0.5, 0.6) is 0 Å². The van der Waals surface area contributed by atoms with Crippen LogP contribution in [0.2, 0.25) is 0 Å². The van der Waals surface area contributed by atoms with E-state index < -0.39 is 0 Å². The highest BCUT2D eigenvalue weighted by Gasteiger charge is 2.09. The van der Waals surface area contributed by atoms with Crippen molar-refractivity contribution in [1.29, 1.82) is 0 Å². The Hall–Kier alpha value is -1.55. The molecule has 2 heterocycles. The smallest absolute Gasteiger partial charge is 0.152 e. The van der Waals surface area contributed by atoms with Crippen molar-refractivity contribution in [2.45, 2.75) is 13.5 Å². The first-order valence-electron chi connectivity index (χ1n) is 5.13. The van der Waals surface area contributed by atoms with E-state index >= 15 is 0 Å². The summed E-state index contributed by atoms with van der Waals surface area (Å²) >= 11 is 1.75. The summed E-state index contributed by atoms with van der Waals surface area (Å²) in [6.07, 6.45) is 1.80. The van der Waals surface area contributed by atoms with Gasteiger partial charge in [-0.1, -0.05) is 6.07 Å². The molecule has 3 nitrogen and oxygen atoms in total. The van der Waals surface area contributed by atoms with Crippen LogP contribution in [0.15, 0.2) is 29.8 Å². The van der Waals surface area contributed by atoms with Crippen molar-refractivity contribution >= 4 is 22.8 Å². The van der Waals surface area contributed by atoms with Gasteiger partial charge in [0.05, 0.1) is 12.2 Å². The molecular weight excluding hydrogens is 218 g/mol. The maximum atomic E-state index is 6.01. The van der Waals surface area contributed by atoms with Crippen molar-refractivity contribution in [3.8, 4) is 0 Å². The van der Waals surface area contributed by atoms with Gasteiger partial charge in [0.25, 0.3) is 0 Å². The molecule has 0 bridgehead atoms. The SMILES string of the molecule is Cc1ccnc(N(C)Cc2cccs2)c1N. The molecule has 0 aromatic carbocycles. The van der Waals surface area contributed by atoms with Crippen molar-refractivity contribution in [2.24, 2.45) is 0 Å². The molecule has 0 aliphatic rings. The first-order chi connectivity index (χ1) is 7.68. The van der Waals surface area contributed by atoms with E-state index in [-0.39, 0.29) is 0 Å². The molecule has 0 spiro atoms. The van der Waals surface area contributed by atoms with Gasteiger partial charge in [-0.25, -0.2) is 4.98 Å². The number of nitrogens with zero attached hydrogens (tertiary/aromatic N) is 2. The molecule has 2 N–H and O–H groups in total. The van der Waals surface area contributed by atoms with Crippen LogP contribution in [0.1, 0.15) is 10.4 Å². The van der Waals surface area contributed by atoms with Gasteiger partial charge in [0.2, 0.25) is 0 Å². The molecule has 0 aliphatic carbocycles. The van der Waals surface area contributed by atoms with E-state index in [4.69, 9.17) is 5.73 Å². The molecule has 2 rings (SSSR count). The second-order valence-electron chi connectivity index (χ2n) is 3.80. The highest BCUT2D eigenvalue weighted by atomic mass is 32.1. The van der Waals surface area contributed by atoms with Gasteiger partial charge in [-0.3, -0.25) is 0 Å². The molecule has 2 aromatic heterocycles. The first-order valence-corrected chi connectivity index (χ1v) is 6.01. The predicted octanol–water partition coefficient (Wildman–Crippen LogP) is 2.67. The lowest BCUT2D eigenvalue weighted by Crippen LogP contribution is -2.18. The third-order valence-electron chi connectivity index (χ3n) is 2.52. The van der Waals surface area contributed by atoms with Gasteiger partial charge in [0.1, 0.15) is 0 Å². The van der Waals surface area contributed by atoms with Gasteiger partial charge in [0, 0.05) is 18.1 Å². The van der Waals surface area contributed by atoms with Crippen molar-refractivity contribution in [3.05, 3.63) is 40.2 Å². The van der Waals surface area contributed by atoms with Crippen molar-refractivity contribution in [2.75, 3.05) is 17.7 Å². The van der Waals surface area contributed by atoms with E-state index in [0.29, 0.717) is 0 Å². The number of aromatic nitrogens is 1. The lowest BCUT2D eigenvalue weighted by molar-refractivity contribution is 0.913. The monoisotopic (exact) mass is 233 g/mol. The Balaban J connectivity index is 2.21. The predicted molar refractivity (Wildman–Crippen MR) is 69.8 cm³/mol. The normalized spacial score (nSPS) is 10.4. The maximum absolute atomic E-state index is 6.01. The highest BCUT2D eigenvalue weighted by molar-refractivity contribution is 7.09. The fraction of sp³-hybridized carbons (Fsp3) is 0.250. The third-order valence-corrected chi connectivity index (χ3v) is 3.38. The van der Waals surface area contributed by atoms with Crippen LogP contribution < -0.4 is 10.6 Å². The number of hydrogen-bond acceptors (Lipinski definition) is 4. The van der Waals surface area contributed by atoms with Gasteiger partial charge in [-0.05, 0) is 30.0 Å². The Morgan fingerprint density at radius 1 is 1.44 bits per heavy atom. The van der Waals surface area contributed by atoms with E-state index in [0.717, 1.165) is 23.6 Å². The van der Waals surface area contributed by atoms with Crippen LogP contribution in [0, 0.1) is 6.92 Å². The summed E-state index contributed by atoms with van der Waals surface area (Å²) in [7, 11) is 2.01. The average Bonchev–Trinajstić information content (AvgIpc) is 2.74. The molecule has 0 amide bonds. The Kier molecular flexibility index (Phi) is 3.10. The Bertz CT molecular complexity index is 465. The number of aryl methyl sites for hydroxylation is 1. The zero-order valence-corrected chi connectivity index (χ0v) is 10.3. The lowest BCUT2D eigenvalue weighted by Gasteiger charge is -2.19. The van der Waals surface area contributed by atoms with E-state index in [1.54, 1.807) is 17.5 Å². The number of anilines is 2. The maximum Gasteiger partial charge on any atom is 0.152 e. The first kappa shape index (κ1) is 11.0. The molecular formula is C12H15N3S. The molecule has 0 radical (unpaired) electrons.